The van der Waals surface area contributed by atoms with Gasteiger partial charge >= 0.3 is 0 Å². The average Bonchev–Trinajstić information content (AvgIpc) is 2.81. The van der Waals surface area contributed by atoms with Crippen molar-refractivity contribution in [3.63, 3.8) is 0 Å². The van der Waals surface area contributed by atoms with Crippen LogP contribution in [0, 0.1) is 4.77 Å². The number of hydrogen-bond acceptors (Lipinski definition) is 4. The molecule has 0 spiro atoms. The molecule has 0 unspecified atom stereocenters. The maximum atomic E-state index is 9.27. The van der Waals surface area contributed by atoms with Gasteiger partial charge in [-0.1, -0.05) is 36.4 Å². The average molecular weight is 318 g/mol. The SMILES string of the molecule is C=CCN(CCc1ccccc1)Cn1nc(CO)n(C)c1=S. The molecule has 5 nitrogen and oxygen atoms in total. The van der Waals surface area contributed by atoms with Crippen molar-refractivity contribution in [1.29, 1.82) is 0 Å². The van der Waals surface area contributed by atoms with Crippen molar-refractivity contribution in [2.45, 2.75) is 19.7 Å². The number of nitrogens with zero attached hydrogens (tertiary/aromatic N) is 4. The van der Waals surface area contributed by atoms with Gasteiger partial charge in [0.05, 0.1) is 6.67 Å². The first-order chi connectivity index (χ1) is 10.7. The Morgan fingerprint density at radius 1 is 1.36 bits per heavy atom. The molecule has 0 atom stereocenters. The standard InChI is InChI=1S/C16H22N4OS/c1-3-10-19(11-9-14-7-5-4-6-8-14)13-20-16(22)18(2)15(12-21)17-20/h3-8,21H,1,9-13H2,2H3. The first-order valence-corrected chi connectivity index (χ1v) is 7.67. The summed E-state index contributed by atoms with van der Waals surface area (Å²) in [4.78, 5) is 2.23. The van der Waals surface area contributed by atoms with Crippen molar-refractivity contribution in [3.05, 3.63) is 59.1 Å². The summed E-state index contributed by atoms with van der Waals surface area (Å²) in [6.07, 6.45) is 2.84. The molecule has 0 bridgehead atoms. The molecular formula is C16H22N4OS. The molecule has 2 rings (SSSR count). The third-order valence-corrected chi connectivity index (χ3v) is 4.04. The van der Waals surface area contributed by atoms with Gasteiger partial charge in [0.15, 0.2) is 10.6 Å². The number of rotatable bonds is 8. The summed E-state index contributed by atoms with van der Waals surface area (Å²) in [5.74, 6) is 0.576. The van der Waals surface area contributed by atoms with E-state index in [1.54, 1.807) is 9.25 Å². The first-order valence-electron chi connectivity index (χ1n) is 7.26. The van der Waals surface area contributed by atoms with Crippen LogP contribution < -0.4 is 0 Å². The van der Waals surface area contributed by atoms with Crippen LogP contribution in [0.15, 0.2) is 43.0 Å². The fourth-order valence-electron chi connectivity index (χ4n) is 2.29. The molecule has 1 aromatic heterocycles. The van der Waals surface area contributed by atoms with Gasteiger partial charge in [-0.15, -0.1) is 6.58 Å². The van der Waals surface area contributed by atoms with Crippen molar-refractivity contribution in [2.24, 2.45) is 7.05 Å². The summed E-state index contributed by atoms with van der Waals surface area (Å²) in [6, 6.07) is 10.4. The monoisotopic (exact) mass is 318 g/mol. The lowest BCUT2D eigenvalue weighted by Crippen LogP contribution is -2.29. The van der Waals surface area contributed by atoms with Crippen LogP contribution in [-0.4, -0.2) is 37.4 Å². The third-order valence-electron chi connectivity index (χ3n) is 3.55. The van der Waals surface area contributed by atoms with Gasteiger partial charge in [0.25, 0.3) is 0 Å². The molecule has 0 aliphatic rings. The molecule has 22 heavy (non-hydrogen) atoms. The molecule has 1 N–H and O–H groups in total. The van der Waals surface area contributed by atoms with Gasteiger partial charge in [-0.2, -0.15) is 5.10 Å². The normalized spacial score (nSPS) is 11.0. The molecule has 0 saturated heterocycles. The fourth-order valence-corrected chi connectivity index (χ4v) is 2.49. The largest absolute Gasteiger partial charge is 0.388 e. The van der Waals surface area contributed by atoms with Crippen molar-refractivity contribution in [2.75, 3.05) is 13.1 Å². The minimum atomic E-state index is -0.112. The highest BCUT2D eigenvalue weighted by Gasteiger charge is 2.10. The molecule has 2 aromatic rings. The van der Waals surface area contributed by atoms with E-state index in [-0.39, 0.29) is 6.61 Å². The molecule has 118 valence electrons. The minimum Gasteiger partial charge on any atom is -0.388 e. The Hall–Kier alpha value is -1.76. The summed E-state index contributed by atoms with van der Waals surface area (Å²) in [7, 11) is 1.82. The molecule has 0 aliphatic heterocycles. The third kappa shape index (κ3) is 4.13. The Bertz CT molecular complexity index is 663. The van der Waals surface area contributed by atoms with Crippen molar-refractivity contribution >= 4 is 12.2 Å². The Morgan fingerprint density at radius 2 is 2.09 bits per heavy atom. The highest BCUT2D eigenvalue weighted by molar-refractivity contribution is 7.71. The Labute approximate surface area is 136 Å². The van der Waals surface area contributed by atoms with Gasteiger partial charge in [-0.25, -0.2) is 4.68 Å². The van der Waals surface area contributed by atoms with E-state index in [2.05, 4.69) is 40.8 Å². The number of aromatic nitrogens is 3. The second-order valence-corrected chi connectivity index (χ2v) is 5.52. The molecule has 0 saturated carbocycles. The summed E-state index contributed by atoms with van der Waals surface area (Å²) in [5, 5.41) is 13.6. The van der Waals surface area contributed by atoms with Crippen LogP contribution in [0.2, 0.25) is 0 Å². The van der Waals surface area contributed by atoms with Crippen LogP contribution in [-0.2, 0) is 26.7 Å². The quantitative estimate of drug-likeness (QED) is 0.598. The smallest absolute Gasteiger partial charge is 0.198 e. The minimum absolute atomic E-state index is 0.112. The molecule has 0 amide bonds. The zero-order valence-electron chi connectivity index (χ0n) is 12.9. The van der Waals surface area contributed by atoms with Crippen LogP contribution in [0.1, 0.15) is 11.4 Å². The van der Waals surface area contributed by atoms with Crippen molar-refractivity contribution in [1.82, 2.24) is 19.2 Å². The van der Waals surface area contributed by atoms with Crippen LogP contribution in [0.4, 0.5) is 0 Å². The van der Waals surface area contributed by atoms with Gasteiger partial charge in [0.2, 0.25) is 0 Å². The molecule has 1 aromatic carbocycles. The summed E-state index contributed by atoms with van der Waals surface area (Å²) >= 11 is 5.36. The number of benzene rings is 1. The van der Waals surface area contributed by atoms with Gasteiger partial charge in [0, 0.05) is 20.1 Å². The molecular weight excluding hydrogens is 296 g/mol. The van der Waals surface area contributed by atoms with E-state index in [9.17, 15) is 5.11 Å². The topological polar surface area (TPSA) is 46.2 Å². The van der Waals surface area contributed by atoms with Crippen molar-refractivity contribution < 1.29 is 5.11 Å². The second kappa shape index (κ2) is 8.03. The van der Waals surface area contributed by atoms with E-state index in [1.807, 2.05) is 19.2 Å². The zero-order chi connectivity index (χ0) is 15.9. The van der Waals surface area contributed by atoms with Crippen LogP contribution in [0.5, 0.6) is 0 Å². The number of aliphatic hydroxyl groups excluding tert-OH is 1. The number of hydrogen-bond donors (Lipinski definition) is 1. The van der Waals surface area contributed by atoms with Gasteiger partial charge < -0.3 is 9.67 Å². The molecule has 6 heteroatoms. The zero-order valence-corrected chi connectivity index (χ0v) is 13.7. The Morgan fingerprint density at radius 3 is 2.68 bits per heavy atom. The fraction of sp³-hybridized carbons (Fsp3) is 0.375. The van der Waals surface area contributed by atoms with Gasteiger partial charge in [0.1, 0.15) is 6.61 Å². The highest BCUT2D eigenvalue weighted by Crippen LogP contribution is 2.05. The maximum absolute atomic E-state index is 9.27. The summed E-state index contributed by atoms with van der Waals surface area (Å²) in [6.45, 7) is 5.95. The van der Waals surface area contributed by atoms with Crippen LogP contribution in [0.3, 0.4) is 0 Å². The van der Waals surface area contributed by atoms with E-state index >= 15 is 0 Å². The van der Waals surface area contributed by atoms with Gasteiger partial charge in [-0.3, -0.25) is 4.90 Å². The molecule has 0 radical (unpaired) electrons. The second-order valence-electron chi connectivity index (χ2n) is 5.16. The highest BCUT2D eigenvalue weighted by atomic mass is 32.1. The summed E-state index contributed by atoms with van der Waals surface area (Å²) < 4.78 is 4.09. The van der Waals surface area contributed by atoms with Gasteiger partial charge in [-0.05, 0) is 24.2 Å². The number of aliphatic hydroxyl groups is 1. The first kappa shape index (κ1) is 16.6. The molecule has 0 aliphatic carbocycles. The predicted molar refractivity (Wildman–Crippen MR) is 89.9 cm³/mol. The Balaban J connectivity index is 2.05. The predicted octanol–water partition coefficient (Wildman–Crippen LogP) is 2.13. The molecule has 1 heterocycles. The molecule has 0 fully saturated rings. The maximum Gasteiger partial charge on any atom is 0.198 e. The lowest BCUT2D eigenvalue weighted by atomic mass is 10.1. The van der Waals surface area contributed by atoms with E-state index in [0.717, 1.165) is 19.5 Å². The van der Waals surface area contributed by atoms with E-state index in [0.29, 0.717) is 17.3 Å². The lowest BCUT2D eigenvalue weighted by Gasteiger charge is -2.20. The van der Waals surface area contributed by atoms with E-state index in [4.69, 9.17) is 12.2 Å². The summed E-state index contributed by atoms with van der Waals surface area (Å²) in [5.41, 5.74) is 1.30. The van der Waals surface area contributed by atoms with E-state index in [1.165, 1.54) is 5.56 Å². The van der Waals surface area contributed by atoms with E-state index < -0.39 is 0 Å². The van der Waals surface area contributed by atoms with Crippen molar-refractivity contribution in [3.8, 4) is 0 Å². The van der Waals surface area contributed by atoms with Crippen LogP contribution in [0.25, 0.3) is 0 Å². The lowest BCUT2D eigenvalue weighted by molar-refractivity contribution is 0.226. The Kier molecular flexibility index (Phi) is 6.06. The van der Waals surface area contributed by atoms with Crippen LogP contribution >= 0.6 is 12.2 Å².